The van der Waals surface area contributed by atoms with Crippen LogP contribution in [0.4, 0.5) is 0 Å². The third-order valence-corrected chi connectivity index (χ3v) is 4.59. The lowest BCUT2D eigenvalue weighted by Crippen LogP contribution is -2.12. The van der Waals surface area contributed by atoms with E-state index >= 15 is 0 Å². The zero-order valence-electron chi connectivity index (χ0n) is 13.6. The largest absolute Gasteiger partial charge is 0.258 e. The predicted octanol–water partition coefficient (Wildman–Crippen LogP) is 4.54. The molecule has 124 valence electrons. The van der Waals surface area contributed by atoms with Crippen LogP contribution in [0.3, 0.4) is 0 Å². The standard InChI is InChI=1S/C19H15ClN4S/c1-2-22-19-24(23-12-15-5-3-14(11-21)4-6-15)18(13-25-19)16-7-9-17(20)10-8-16/h3-10,12-13H,2H2,1H3. The van der Waals surface area contributed by atoms with E-state index in [1.54, 1.807) is 29.7 Å². The number of nitriles is 1. The van der Waals surface area contributed by atoms with Gasteiger partial charge in [-0.1, -0.05) is 35.9 Å². The molecular formula is C19H15ClN4S. The Labute approximate surface area is 155 Å². The van der Waals surface area contributed by atoms with E-state index < -0.39 is 0 Å². The smallest absolute Gasteiger partial charge is 0.206 e. The zero-order valence-corrected chi connectivity index (χ0v) is 15.1. The van der Waals surface area contributed by atoms with Gasteiger partial charge in [-0.2, -0.15) is 10.4 Å². The van der Waals surface area contributed by atoms with E-state index in [0.29, 0.717) is 17.1 Å². The fraction of sp³-hybridized carbons (Fsp3) is 0.105. The molecule has 0 aliphatic rings. The second-order valence-corrected chi connectivity index (χ2v) is 6.45. The summed E-state index contributed by atoms with van der Waals surface area (Å²) in [6.45, 7) is 2.68. The van der Waals surface area contributed by atoms with Crippen molar-refractivity contribution >= 4 is 29.2 Å². The highest BCUT2D eigenvalue weighted by atomic mass is 35.5. The SMILES string of the molecule is CCN=c1scc(-c2ccc(Cl)cc2)n1N=Cc1ccc(C#N)cc1. The number of thiazole rings is 1. The van der Waals surface area contributed by atoms with Gasteiger partial charge in [-0.15, -0.1) is 11.3 Å². The lowest BCUT2D eigenvalue weighted by molar-refractivity contribution is 0.833. The van der Waals surface area contributed by atoms with Crippen molar-refractivity contribution in [1.29, 1.82) is 5.26 Å². The molecule has 0 amide bonds. The summed E-state index contributed by atoms with van der Waals surface area (Å²) in [6.07, 6.45) is 1.77. The third kappa shape index (κ3) is 4.05. The Bertz CT molecular complexity index is 990. The van der Waals surface area contributed by atoms with Gasteiger partial charge in [0.25, 0.3) is 0 Å². The molecule has 1 aromatic heterocycles. The molecule has 3 rings (SSSR count). The van der Waals surface area contributed by atoms with E-state index in [1.807, 2.05) is 53.4 Å². The van der Waals surface area contributed by atoms with Crippen LogP contribution in [0.15, 0.2) is 64.0 Å². The van der Waals surface area contributed by atoms with Crippen LogP contribution >= 0.6 is 22.9 Å². The van der Waals surface area contributed by atoms with Crippen LogP contribution in [0, 0.1) is 11.3 Å². The van der Waals surface area contributed by atoms with Gasteiger partial charge in [0.05, 0.1) is 23.5 Å². The van der Waals surface area contributed by atoms with Crippen LogP contribution in [0.25, 0.3) is 11.3 Å². The maximum absolute atomic E-state index is 8.88. The van der Waals surface area contributed by atoms with Gasteiger partial charge in [0.2, 0.25) is 4.80 Å². The minimum atomic E-state index is 0.629. The Morgan fingerprint density at radius 1 is 1.16 bits per heavy atom. The predicted molar refractivity (Wildman–Crippen MR) is 103 cm³/mol. The van der Waals surface area contributed by atoms with Crippen molar-refractivity contribution < 1.29 is 0 Å². The van der Waals surface area contributed by atoms with E-state index in [4.69, 9.17) is 16.9 Å². The molecule has 6 heteroatoms. The van der Waals surface area contributed by atoms with Crippen molar-refractivity contribution in [2.75, 3.05) is 6.54 Å². The number of aromatic nitrogens is 1. The van der Waals surface area contributed by atoms with Gasteiger partial charge in [0.15, 0.2) is 0 Å². The van der Waals surface area contributed by atoms with E-state index in [2.05, 4.69) is 16.2 Å². The Morgan fingerprint density at radius 3 is 2.52 bits per heavy atom. The van der Waals surface area contributed by atoms with Crippen LogP contribution in [0.2, 0.25) is 5.02 Å². The minimum absolute atomic E-state index is 0.629. The normalized spacial score (nSPS) is 11.8. The van der Waals surface area contributed by atoms with E-state index in [-0.39, 0.29) is 0 Å². The maximum Gasteiger partial charge on any atom is 0.206 e. The number of benzene rings is 2. The molecule has 0 aliphatic heterocycles. The molecule has 0 unspecified atom stereocenters. The number of nitrogens with zero attached hydrogens (tertiary/aromatic N) is 4. The zero-order chi connectivity index (χ0) is 17.6. The molecular weight excluding hydrogens is 352 g/mol. The fourth-order valence-electron chi connectivity index (χ4n) is 2.24. The highest BCUT2D eigenvalue weighted by Crippen LogP contribution is 2.22. The molecule has 0 aliphatic carbocycles. The molecule has 0 saturated heterocycles. The van der Waals surface area contributed by atoms with Gasteiger partial charge in [0.1, 0.15) is 0 Å². The minimum Gasteiger partial charge on any atom is -0.258 e. The molecule has 0 bridgehead atoms. The molecule has 4 nitrogen and oxygen atoms in total. The van der Waals surface area contributed by atoms with Gasteiger partial charge >= 0.3 is 0 Å². The van der Waals surface area contributed by atoms with Gasteiger partial charge in [0, 0.05) is 22.5 Å². The van der Waals surface area contributed by atoms with Crippen LogP contribution in [-0.2, 0) is 0 Å². The lowest BCUT2D eigenvalue weighted by Gasteiger charge is -2.04. The highest BCUT2D eigenvalue weighted by Gasteiger charge is 2.07. The van der Waals surface area contributed by atoms with Gasteiger partial charge in [-0.05, 0) is 36.8 Å². The van der Waals surface area contributed by atoms with E-state index in [0.717, 1.165) is 21.6 Å². The molecule has 1 heterocycles. The highest BCUT2D eigenvalue weighted by molar-refractivity contribution is 7.07. The molecule has 3 aromatic rings. The fourth-order valence-corrected chi connectivity index (χ4v) is 3.27. The summed E-state index contributed by atoms with van der Waals surface area (Å²) in [7, 11) is 0. The first-order valence-electron chi connectivity index (χ1n) is 7.72. The first kappa shape index (κ1) is 17.2. The van der Waals surface area contributed by atoms with Crippen molar-refractivity contribution in [2.24, 2.45) is 10.1 Å². The summed E-state index contributed by atoms with van der Waals surface area (Å²) >= 11 is 7.53. The van der Waals surface area contributed by atoms with E-state index in [1.165, 1.54) is 0 Å². The van der Waals surface area contributed by atoms with Gasteiger partial charge in [-0.3, -0.25) is 4.99 Å². The number of rotatable bonds is 4. The lowest BCUT2D eigenvalue weighted by atomic mass is 10.2. The molecule has 2 aromatic carbocycles. The summed E-state index contributed by atoms with van der Waals surface area (Å²) in [4.78, 5) is 5.34. The maximum atomic E-state index is 8.88. The molecule has 0 spiro atoms. The van der Waals surface area contributed by atoms with Crippen LogP contribution in [-0.4, -0.2) is 17.4 Å². The molecule has 0 saturated carbocycles. The van der Waals surface area contributed by atoms with Crippen LogP contribution in [0.1, 0.15) is 18.1 Å². The Kier molecular flexibility index (Phi) is 5.44. The third-order valence-electron chi connectivity index (χ3n) is 3.48. The summed E-state index contributed by atoms with van der Waals surface area (Å²) in [6, 6.07) is 17.1. The summed E-state index contributed by atoms with van der Waals surface area (Å²) in [5, 5.41) is 16.2. The number of hydrogen-bond donors (Lipinski definition) is 0. The first-order chi connectivity index (χ1) is 12.2. The Hall–Kier alpha value is -2.68. The van der Waals surface area contributed by atoms with Crippen molar-refractivity contribution in [2.45, 2.75) is 6.92 Å². The van der Waals surface area contributed by atoms with Crippen molar-refractivity contribution in [1.82, 2.24) is 4.68 Å². The first-order valence-corrected chi connectivity index (χ1v) is 8.98. The van der Waals surface area contributed by atoms with Gasteiger partial charge < -0.3 is 0 Å². The van der Waals surface area contributed by atoms with Crippen LogP contribution < -0.4 is 4.80 Å². The van der Waals surface area contributed by atoms with Crippen molar-refractivity contribution in [3.05, 3.63) is 74.9 Å². The summed E-state index contributed by atoms with van der Waals surface area (Å²) in [5.74, 6) is 0. The van der Waals surface area contributed by atoms with E-state index in [9.17, 15) is 0 Å². The Morgan fingerprint density at radius 2 is 1.88 bits per heavy atom. The topological polar surface area (TPSA) is 53.4 Å². The summed E-state index contributed by atoms with van der Waals surface area (Å²) < 4.78 is 1.83. The molecule has 0 atom stereocenters. The molecule has 0 radical (unpaired) electrons. The summed E-state index contributed by atoms with van der Waals surface area (Å²) in [5.41, 5.74) is 3.53. The average molecular weight is 367 g/mol. The molecule has 0 N–H and O–H groups in total. The van der Waals surface area contributed by atoms with Crippen LogP contribution in [0.5, 0.6) is 0 Å². The second-order valence-electron chi connectivity index (χ2n) is 5.17. The quantitative estimate of drug-likeness (QED) is 0.625. The second kappa shape index (κ2) is 7.93. The van der Waals surface area contributed by atoms with Crippen molar-refractivity contribution in [3.8, 4) is 17.3 Å². The molecule has 0 fully saturated rings. The molecule has 25 heavy (non-hydrogen) atoms. The van der Waals surface area contributed by atoms with Gasteiger partial charge in [-0.25, -0.2) is 4.68 Å². The Balaban J connectivity index is 2.02. The number of hydrogen-bond acceptors (Lipinski definition) is 4. The number of halogens is 1. The van der Waals surface area contributed by atoms with Crippen molar-refractivity contribution in [3.63, 3.8) is 0 Å². The average Bonchev–Trinajstić information content (AvgIpc) is 3.04. The monoisotopic (exact) mass is 366 g/mol.